The molecule has 0 spiro atoms. The van der Waals surface area contributed by atoms with E-state index < -0.39 is 4.75 Å². The Balaban J connectivity index is 1.58. The first-order valence-corrected chi connectivity index (χ1v) is 16.1. The highest BCUT2D eigenvalue weighted by atomic mass is 32.2. The zero-order valence-electron chi connectivity index (χ0n) is 25.6. The summed E-state index contributed by atoms with van der Waals surface area (Å²) < 4.78 is 4.55. The molecule has 3 rings (SSSR count). The predicted octanol–water partition coefficient (Wildman–Crippen LogP) is 5.36. The quantitative estimate of drug-likeness (QED) is 0.145. The fourth-order valence-electron chi connectivity index (χ4n) is 4.76. The lowest BCUT2D eigenvalue weighted by Gasteiger charge is -2.30. The second kappa shape index (κ2) is 17.1. The Morgan fingerprint density at radius 3 is 2.43 bits per heavy atom. The van der Waals surface area contributed by atoms with Crippen molar-refractivity contribution in [2.45, 2.75) is 95.2 Å². The van der Waals surface area contributed by atoms with Crippen LogP contribution < -0.4 is 10.4 Å². The highest BCUT2D eigenvalue weighted by Crippen LogP contribution is 2.34. The number of urea groups is 1. The molecule has 9 heteroatoms. The molecular formula is C33H47N4O4S+. The summed E-state index contributed by atoms with van der Waals surface area (Å²) in [4.78, 5) is 45.8. The number of imide groups is 1. The lowest BCUT2D eigenvalue weighted by Crippen LogP contribution is -3.24. The van der Waals surface area contributed by atoms with Gasteiger partial charge in [-0.15, -0.1) is 11.8 Å². The molecule has 2 aromatic rings. The predicted molar refractivity (Wildman–Crippen MR) is 168 cm³/mol. The summed E-state index contributed by atoms with van der Waals surface area (Å²) in [5, 5.41) is 0.556. The van der Waals surface area contributed by atoms with E-state index in [4.69, 9.17) is 4.74 Å². The van der Waals surface area contributed by atoms with Gasteiger partial charge >= 0.3 is 17.9 Å². The molecule has 1 fully saturated rings. The summed E-state index contributed by atoms with van der Waals surface area (Å²) in [6, 6.07) is 17.6. The van der Waals surface area contributed by atoms with Crippen molar-refractivity contribution in [3.8, 4) is 0 Å². The fourth-order valence-corrected chi connectivity index (χ4v) is 5.85. The maximum absolute atomic E-state index is 13.3. The molecule has 0 aromatic heterocycles. The Hall–Kier alpha value is -3.17. The fraction of sp³-hybridized carbons (Fsp3) is 0.515. The number of unbranched alkanes of at least 4 members (excludes halogenated alkanes) is 5. The van der Waals surface area contributed by atoms with Crippen LogP contribution in [0.5, 0.6) is 0 Å². The summed E-state index contributed by atoms with van der Waals surface area (Å²) in [5.74, 6) is -0.326. The molecule has 1 atom stereocenters. The molecule has 1 unspecified atom stereocenters. The third-order valence-corrected chi connectivity index (χ3v) is 8.28. The van der Waals surface area contributed by atoms with E-state index in [1.807, 2.05) is 63.2 Å². The van der Waals surface area contributed by atoms with Gasteiger partial charge in [-0.1, -0.05) is 68.7 Å². The van der Waals surface area contributed by atoms with Crippen LogP contribution in [0.15, 0.2) is 64.5 Å². The normalized spacial score (nSPS) is 16.5. The zero-order valence-corrected chi connectivity index (χ0v) is 26.4. The Morgan fingerprint density at radius 2 is 1.69 bits per heavy atom. The van der Waals surface area contributed by atoms with Crippen molar-refractivity contribution in [1.29, 1.82) is 0 Å². The van der Waals surface area contributed by atoms with Gasteiger partial charge < -0.3 is 4.74 Å². The molecule has 2 aromatic carbocycles. The van der Waals surface area contributed by atoms with E-state index in [-0.39, 0.29) is 30.3 Å². The van der Waals surface area contributed by atoms with E-state index >= 15 is 0 Å². The van der Waals surface area contributed by atoms with E-state index in [9.17, 15) is 14.4 Å². The van der Waals surface area contributed by atoms with Gasteiger partial charge in [0.25, 0.3) is 0 Å². The van der Waals surface area contributed by atoms with E-state index in [0.717, 1.165) is 49.0 Å². The number of nitrogens with one attached hydrogen (secondary N) is 2. The number of amides is 3. The molecule has 42 heavy (non-hydrogen) atoms. The van der Waals surface area contributed by atoms with E-state index in [2.05, 4.69) is 29.5 Å². The van der Waals surface area contributed by atoms with Crippen LogP contribution in [0.1, 0.15) is 83.8 Å². The topological polar surface area (TPSA) is 92.5 Å². The van der Waals surface area contributed by atoms with Gasteiger partial charge in [0.15, 0.2) is 0 Å². The van der Waals surface area contributed by atoms with Crippen LogP contribution in [0.2, 0.25) is 0 Å². The van der Waals surface area contributed by atoms with Crippen molar-refractivity contribution >= 4 is 35.5 Å². The number of carbonyl (C=O) groups is 3. The van der Waals surface area contributed by atoms with Crippen molar-refractivity contribution in [2.24, 2.45) is 4.99 Å². The van der Waals surface area contributed by atoms with Gasteiger partial charge in [0.05, 0.1) is 13.2 Å². The van der Waals surface area contributed by atoms with Crippen LogP contribution in [0, 0.1) is 0 Å². The average Bonchev–Trinajstić information content (AvgIpc) is 2.97. The van der Waals surface area contributed by atoms with Crippen molar-refractivity contribution in [1.82, 2.24) is 10.3 Å². The second-order valence-corrected chi connectivity index (χ2v) is 12.8. The third kappa shape index (κ3) is 10.3. The van der Waals surface area contributed by atoms with Gasteiger partial charge in [-0.3, -0.25) is 14.6 Å². The summed E-state index contributed by atoms with van der Waals surface area (Å²) in [6.45, 7) is 9.47. The summed E-state index contributed by atoms with van der Waals surface area (Å²) in [7, 11) is 0. The van der Waals surface area contributed by atoms with Crippen molar-refractivity contribution in [2.75, 3.05) is 19.7 Å². The largest absolute Gasteiger partial charge is 0.465 e. The number of amidine groups is 1. The van der Waals surface area contributed by atoms with E-state index in [0.29, 0.717) is 24.7 Å². The number of rotatable bonds is 17. The number of carbonyl (C=O) groups excluding carboxylic acids is 3. The zero-order chi connectivity index (χ0) is 30.4. The van der Waals surface area contributed by atoms with Gasteiger partial charge in [-0.05, 0) is 76.1 Å². The van der Waals surface area contributed by atoms with Gasteiger partial charge in [0.1, 0.15) is 11.3 Å². The number of hydrogen-bond acceptors (Lipinski definition) is 6. The number of nitrogens with zero attached hydrogens (tertiary/aromatic N) is 2. The number of aliphatic imine (C=N–C) groups is 1. The molecule has 1 aliphatic rings. The van der Waals surface area contributed by atoms with Crippen molar-refractivity contribution in [3.63, 3.8) is 0 Å². The Kier molecular flexibility index (Phi) is 13.5. The lowest BCUT2D eigenvalue weighted by molar-refractivity contribution is -0.857. The van der Waals surface area contributed by atoms with Crippen LogP contribution in [0.3, 0.4) is 0 Å². The standard InChI is InChI=1S/C33H46N4O4S/c1-5-7-8-9-15-23-37-32(40)36(25-27-18-11-10-12-19-27)30(38)29(35-37)34-22-14-13-17-26-20-16-21-28(24-26)42-33(3,4)31(39)41-6-2/h10-12,16,18-21,24H,5-9,13-15,17,22-23,25H2,1-4H3,(H,34,35)/p+1. The van der Waals surface area contributed by atoms with Gasteiger partial charge in [0, 0.05) is 11.4 Å². The number of thioether (sulfide) groups is 1. The number of esters is 1. The Bertz CT molecular complexity index is 1200. The molecule has 0 bridgehead atoms. The molecule has 228 valence electrons. The van der Waals surface area contributed by atoms with Crippen LogP contribution >= 0.6 is 11.8 Å². The monoisotopic (exact) mass is 595 g/mol. The SMILES string of the molecule is CCCCCCC[NH+]1NC(=NCCCCc2cccc(SC(C)(C)C(=O)OCC)c2)C(=O)N(Cc2ccccc2)C1=O. The molecule has 8 nitrogen and oxygen atoms in total. The van der Waals surface area contributed by atoms with E-state index in [1.165, 1.54) is 35.1 Å². The highest BCUT2D eigenvalue weighted by Gasteiger charge is 2.41. The minimum Gasteiger partial charge on any atom is -0.465 e. The summed E-state index contributed by atoms with van der Waals surface area (Å²) in [5.41, 5.74) is 5.20. The summed E-state index contributed by atoms with van der Waals surface area (Å²) in [6.07, 6.45) is 8.06. The molecule has 0 radical (unpaired) electrons. The number of quaternary nitrogens is 1. The molecule has 1 aliphatic heterocycles. The molecule has 3 amide bonds. The molecule has 2 N–H and O–H groups in total. The van der Waals surface area contributed by atoms with Crippen LogP contribution in [0.25, 0.3) is 0 Å². The smallest absolute Gasteiger partial charge is 0.449 e. The maximum atomic E-state index is 13.3. The van der Waals surface area contributed by atoms with Gasteiger partial charge in [-0.25, -0.2) is 15.1 Å². The number of ether oxygens (including phenoxy) is 1. The Morgan fingerprint density at radius 1 is 0.952 bits per heavy atom. The number of benzene rings is 2. The Labute approximate surface area is 255 Å². The van der Waals surface area contributed by atoms with Gasteiger partial charge in [0.2, 0.25) is 5.84 Å². The molecule has 1 saturated heterocycles. The first kappa shape index (κ1) is 33.3. The maximum Gasteiger partial charge on any atom is 0.449 e. The van der Waals surface area contributed by atoms with Crippen LogP contribution in [-0.4, -0.2) is 53.1 Å². The van der Waals surface area contributed by atoms with Crippen LogP contribution in [0.4, 0.5) is 4.79 Å². The first-order valence-electron chi connectivity index (χ1n) is 15.3. The van der Waals surface area contributed by atoms with Crippen LogP contribution in [-0.2, 0) is 27.3 Å². The lowest BCUT2D eigenvalue weighted by atomic mass is 10.1. The van der Waals surface area contributed by atoms with Gasteiger partial charge in [-0.2, -0.15) is 5.01 Å². The number of aryl methyl sites for hydroxylation is 1. The molecular weight excluding hydrogens is 548 g/mol. The molecule has 0 aliphatic carbocycles. The molecule has 1 heterocycles. The average molecular weight is 596 g/mol. The van der Waals surface area contributed by atoms with E-state index in [1.54, 1.807) is 0 Å². The minimum absolute atomic E-state index is 0.216. The summed E-state index contributed by atoms with van der Waals surface area (Å²) >= 11 is 1.50. The number of hydrogen-bond donors (Lipinski definition) is 2. The second-order valence-electron chi connectivity index (χ2n) is 11.1. The van der Waals surface area contributed by atoms with Crippen molar-refractivity contribution in [3.05, 3.63) is 65.7 Å². The van der Waals surface area contributed by atoms with Crippen molar-refractivity contribution < 1.29 is 24.1 Å². The highest BCUT2D eigenvalue weighted by molar-refractivity contribution is 8.01. The first-order chi connectivity index (χ1) is 20.2. The molecule has 0 saturated carbocycles. The minimum atomic E-state index is -0.661. The third-order valence-electron chi connectivity index (χ3n) is 7.12.